The van der Waals surface area contributed by atoms with Crippen LogP contribution in [0.5, 0.6) is 0 Å². The van der Waals surface area contributed by atoms with Gasteiger partial charge in [-0.15, -0.1) is 0 Å². The van der Waals surface area contributed by atoms with Crippen LogP contribution < -0.4 is 0 Å². The molecule has 0 bridgehead atoms. The van der Waals surface area contributed by atoms with Gasteiger partial charge in [0.25, 0.3) is 0 Å². The van der Waals surface area contributed by atoms with Crippen LogP contribution in [0.25, 0.3) is 0 Å². The van der Waals surface area contributed by atoms with E-state index in [9.17, 15) is 0 Å². The molecular formula is C74H148N2S4. The van der Waals surface area contributed by atoms with Crippen LogP contribution in [0.4, 0.5) is 0 Å². The summed E-state index contributed by atoms with van der Waals surface area (Å²) in [5.41, 5.74) is 0. The fraction of sp³-hybridized carbons (Fsp3) is 0.973. The maximum absolute atomic E-state index is 6.31. The van der Waals surface area contributed by atoms with Crippen molar-refractivity contribution in [2.75, 3.05) is 26.2 Å². The first kappa shape index (κ1) is 80.5. The zero-order chi connectivity index (χ0) is 57.8. The van der Waals surface area contributed by atoms with Crippen LogP contribution in [0.2, 0.25) is 0 Å². The van der Waals surface area contributed by atoms with E-state index in [1.807, 2.05) is 21.6 Å². The Bertz CT molecular complexity index is 1010. The van der Waals surface area contributed by atoms with Crippen LogP contribution >= 0.6 is 46.0 Å². The Labute approximate surface area is 525 Å². The van der Waals surface area contributed by atoms with Crippen molar-refractivity contribution in [2.45, 2.75) is 439 Å². The minimum atomic E-state index is 1.09. The fourth-order valence-electron chi connectivity index (χ4n) is 12.2. The summed E-state index contributed by atoms with van der Waals surface area (Å²) < 4.78 is 2.17. The monoisotopic (exact) mass is 1190 g/mol. The van der Waals surface area contributed by atoms with Gasteiger partial charge in [0.15, 0.2) is 0 Å². The van der Waals surface area contributed by atoms with Gasteiger partial charge in [-0.3, -0.25) is 0 Å². The van der Waals surface area contributed by atoms with E-state index in [0.29, 0.717) is 0 Å². The molecule has 0 fully saturated rings. The van der Waals surface area contributed by atoms with Crippen molar-refractivity contribution in [3.8, 4) is 0 Å². The Morgan fingerprint density at radius 3 is 0.388 bits per heavy atom. The van der Waals surface area contributed by atoms with Crippen molar-refractivity contribution in [3.05, 3.63) is 0 Å². The highest BCUT2D eigenvalue weighted by molar-refractivity contribution is 8.89. The van der Waals surface area contributed by atoms with Gasteiger partial charge in [0.1, 0.15) is 8.64 Å². The van der Waals surface area contributed by atoms with Gasteiger partial charge in [-0.25, -0.2) is 0 Å². The van der Waals surface area contributed by atoms with Crippen molar-refractivity contribution in [1.82, 2.24) is 9.80 Å². The number of rotatable bonds is 68. The first-order valence-corrected chi connectivity index (χ1v) is 40.5. The van der Waals surface area contributed by atoms with Gasteiger partial charge >= 0.3 is 0 Å². The van der Waals surface area contributed by atoms with E-state index < -0.39 is 0 Å². The predicted molar refractivity (Wildman–Crippen MR) is 382 cm³/mol. The summed E-state index contributed by atoms with van der Waals surface area (Å²) >= 11 is 12.6. The van der Waals surface area contributed by atoms with Crippen molar-refractivity contribution < 1.29 is 0 Å². The molecule has 6 heteroatoms. The quantitative estimate of drug-likeness (QED) is 0.0338. The Morgan fingerprint density at radius 1 is 0.175 bits per heavy atom. The largest absolute Gasteiger partial charge is 0.357 e. The topological polar surface area (TPSA) is 6.48 Å². The molecular weight excluding hydrogens is 1050 g/mol. The Balaban J connectivity index is 4.98. The molecule has 0 amide bonds. The third kappa shape index (κ3) is 64.5. The third-order valence-electron chi connectivity index (χ3n) is 17.8. The number of thiocarbonyl (C=S) groups is 2. The average molecular weight is 1190 g/mol. The zero-order valence-electron chi connectivity index (χ0n) is 55.6. The lowest BCUT2D eigenvalue weighted by atomic mass is 10.0. The number of unbranched alkanes of at least 4 members (excludes halogenated alkanes) is 60. The lowest BCUT2D eigenvalue weighted by molar-refractivity contribution is 0.394. The minimum absolute atomic E-state index is 1.09. The Hall–Kier alpha value is 0.480. The van der Waals surface area contributed by atoms with E-state index in [0.717, 1.165) is 34.8 Å². The summed E-state index contributed by atoms with van der Waals surface area (Å²) in [5, 5.41) is 0. The standard InChI is InChI=1S/C74H148N2S4/c1-5-9-13-17-21-25-29-33-37-41-45-49-53-57-61-65-69-75(70-66-62-58-54-50-46-42-38-34-30-26-22-18-14-10-6-2)73(77)79-80-74(78)76(71-67-63-59-55-51-47-43-39-35-31-27-23-19-15-11-7-3)72-68-64-60-56-52-48-44-40-36-32-28-24-20-16-12-8-4/h5-72H2,1-4H3. The molecule has 478 valence electrons. The van der Waals surface area contributed by atoms with E-state index in [4.69, 9.17) is 24.4 Å². The van der Waals surface area contributed by atoms with Crippen LogP contribution in [-0.2, 0) is 0 Å². The molecule has 0 spiro atoms. The van der Waals surface area contributed by atoms with E-state index in [1.54, 1.807) is 0 Å². The van der Waals surface area contributed by atoms with Crippen LogP contribution in [0, 0.1) is 0 Å². The van der Waals surface area contributed by atoms with Crippen molar-refractivity contribution >= 4 is 54.7 Å². The second kappa shape index (κ2) is 72.0. The molecule has 0 rings (SSSR count). The zero-order valence-corrected chi connectivity index (χ0v) is 58.9. The lowest BCUT2D eigenvalue weighted by Crippen LogP contribution is -2.31. The van der Waals surface area contributed by atoms with Crippen molar-refractivity contribution in [1.29, 1.82) is 0 Å². The maximum Gasteiger partial charge on any atom is 0.147 e. The molecule has 0 saturated carbocycles. The van der Waals surface area contributed by atoms with Gasteiger partial charge in [-0.05, 0) is 47.3 Å². The van der Waals surface area contributed by atoms with E-state index in [-0.39, 0.29) is 0 Å². The number of hydrogen-bond acceptors (Lipinski definition) is 4. The summed E-state index contributed by atoms with van der Waals surface area (Å²) in [5.74, 6) is 0. The Morgan fingerprint density at radius 2 is 0.275 bits per heavy atom. The van der Waals surface area contributed by atoms with Gasteiger partial charge in [0.05, 0.1) is 0 Å². The molecule has 0 radical (unpaired) electrons. The third-order valence-corrected chi connectivity index (χ3v) is 21.6. The van der Waals surface area contributed by atoms with Crippen LogP contribution in [0.3, 0.4) is 0 Å². The second-order valence-corrected chi connectivity index (χ2v) is 29.3. The highest BCUT2D eigenvalue weighted by Gasteiger charge is 2.16. The fourth-order valence-corrected chi connectivity index (χ4v) is 14.9. The highest BCUT2D eigenvalue weighted by Crippen LogP contribution is 2.30. The molecule has 0 atom stereocenters. The normalized spacial score (nSPS) is 11.6. The molecule has 0 aliphatic carbocycles. The van der Waals surface area contributed by atoms with Crippen molar-refractivity contribution in [2.24, 2.45) is 0 Å². The molecule has 0 unspecified atom stereocenters. The van der Waals surface area contributed by atoms with E-state index >= 15 is 0 Å². The minimum Gasteiger partial charge on any atom is -0.357 e. The Kier molecular flexibility index (Phi) is 72.4. The summed E-state index contributed by atoms with van der Waals surface area (Å²) in [4.78, 5) is 5.19. The van der Waals surface area contributed by atoms with Gasteiger partial charge in [0.2, 0.25) is 0 Å². The first-order valence-electron chi connectivity index (χ1n) is 37.5. The molecule has 0 heterocycles. The summed E-state index contributed by atoms with van der Waals surface area (Å²) in [6.07, 6.45) is 90.9. The smallest absolute Gasteiger partial charge is 0.147 e. The molecule has 0 saturated heterocycles. The van der Waals surface area contributed by atoms with Gasteiger partial charge < -0.3 is 9.80 Å². The molecule has 80 heavy (non-hydrogen) atoms. The molecule has 0 aromatic carbocycles. The predicted octanol–water partition coefficient (Wildman–Crippen LogP) is 28.6. The second-order valence-electron chi connectivity index (χ2n) is 25.9. The lowest BCUT2D eigenvalue weighted by Gasteiger charge is -2.27. The molecule has 0 aliphatic rings. The van der Waals surface area contributed by atoms with E-state index in [1.165, 1.54) is 411 Å². The highest BCUT2D eigenvalue weighted by atomic mass is 33.1. The van der Waals surface area contributed by atoms with Crippen LogP contribution in [0.1, 0.15) is 439 Å². The summed E-state index contributed by atoms with van der Waals surface area (Å²) in [6, 6.07) is 0. The maximum atomic E-state index is 6.31. The van der Waals surface area contributed by atoms with Gasteiger partial charge in [-0.1, -0.05) is 437 Å². The van der Waals surface area contributed by atoms with Crippen LogP contribution in [-0.4, -0.2) is 44.6 Å². The first-order chi connectivity index (χ1) is 39.6. The van der Waals surface area contributed by atoms with Crippen molar-refractivity contribution in [3.63, 3.8) is 0 Å². The molecule has 0 aromatic heterocycles. The van der Waals surface area contributed by atoms with E-state index in [2.05, 4.69) is 37.5 Å². The molecule has 0 N–H and O–H groups in total. The van der Waals surface area contributed by atoms with Crippen LogP contribution in [0.15, 0.2) is 0 Å². The summed E-state index contributed by atoms with van der Waals surface area (Å²) in [6.45, 7) is 13.8. The molecule has 0 aromatic rings. The van der Waals surface area contributed by atoms with Gasteiger partial charge in [-0.2, -0.15) is 0 Å². The molecule has 0 aliphatic heterocycles. The SMILES string of the molecule is CCCCCCCCCCCCCCCCCCN(CCCCCCCCCCCCCCCCCC)C(=S)SSC(=S)N(CCCCCCCCCCCCCCCCCC)CCCCCCCCCCCCCCCCCC. The number of hydrogen-bond donors (Lipinski definition) is 0. The number of nitrogens with zero attached hydrogens (tertiary/aromatic N) is 2. The van der Waals surface area contributed by atoms with Gasteiger partial charge in [0, 0.05) is 26.2 Å². The summed E-state index contributed by atoms with van der Waals surface area (Å²) in [7, 11) is 3.64. The average Bonchev–Trinajstić information content (AvgIpc) is 3.47. The molecule has 2 nitrogen and oxygen atoms in total.